The lowest BCUT2D eigenvalue weighted by atomic mass is 9.86. The second-order valence-corrected chi connectivity index (χ2v) is 12.8. The number of methoxy groups -OCH3 is 2. The molecule has 0 aliphatic heterocycles. The lowest BCUT2D eigenvalue weighted by molar-refractivity contribution is -0.0607. The monoisotopic (exact) mass is 618 g/mol. The van der Waals surface area contributed by atoms with Crippen molar-refractivity contribution in [2.24, 2.45) is 0 Å². The fourth-order valence-corrected chi connectivity index (χ4v) is 7.33. The molecule has 4 rings (SSSR count). The van der Waals surface area contributed by atoms with E-state index in [1.807, 2.05) is 0 Å². The Morgan fingerprint density at radius 1 is 1.20 bits per heavy atom. The highest BCUT2D eigenvalue weighted by Gasteiger charge is 2.42. The van der Waals surface area contributed by atoms with Crippen LogP contribution in [0.2, 0.25) is 5.02 Å². The van der Waals surface area contributed by atoms with Crippen LogP contribution in [-0.4, -0.2) is 64.6 Å². The van der Waals surface area contributed by atoms with Gasteiger partial charge in [-0.1, -0.05) is 11.6 Å². The lowest BCUT2D eigenvalue weighted by Gasteiger charge is -2.40. The predicted molar refractivity (Wildman–Crippen MR) is 150 cm³/mol. The largest absolute Gasteiger partial charge is 0.497 e. The number of hydrogen-bond donors (Lipinski definition) is 1. The third-order valence-electron chi connectivity index (χ3n) is 6.83. The molecule has 0 bridgehead atoms. The highest BCUT2D eigenvalue weighted by molar-refractivity contribution is 7.93. The third kappa shape index (κ3) is 6.42. The Morgan fingerprint density at radius 3 is 2.58 bits per heavy atom. The number of likely N-dealkylation sites (N-methyl/N-ethyl adjacent to an activating group) is 1. The summed E-state index contributed by atoms with van der Waals surface area (Å²) in [4.78, 5) is 5.18. The first-order valence-corrected chi connectivity index (χ1v) is 15.0. The molecule has 0 amide bonds. The van der Waals surface area contributed by atoms with Gasteiger partial charge in [0.25, 0.3) is 10.0 Å². The first-order valence-electron chi connectivity index (χ1n) is 12.3. The summed E-state index contributed by atoms with van der Waals surface area (Å²) in [6.45, 7) is -0.207. The quantitative estimate of drug-likeness (QED) is 0.304. The van der Waals surface area contributed by atoms with Crippen LogP contribution in [0.5, 0.6) is 11.5 Å². The maximum absolute atomic E-state index is 15.6. The summed E-state index contributed by atoms with van der Waals surface area (Å²) in [5, 5.41) is 4.73. The molecule has 1 heterocycles. The number of sulfonamides is 1. The van der Waals surface area contributed by atoms with Crippen LogP contribution in [0.1, 0.15) is 24.8 Å². The molecule has 0 saturated heterocycles. The zero-order valence-corrected chi connectivity index (χ0v) is 24.7. The first kappa shape index (κ1) is 30.2. The zero-order chi connectivity index (χ0) is 29.2. The molecular weight excluding hydrogens is 589 g/mol. The maximum atomic E-state index is 15.6. The van der Waals surface area contributed by atoms with E-state index in [4.69, 9.17) is 21.1 Å². The van der Waals surface area contributed by atoms with Crippen LogP contribution in [-0.2, 0) is 16.6 Å². The van der Waals surface area contributed by atoms with Crippen LogP contribution in [0.4, 0.5) is 24.0 Å². The molecule has 14 heteroatoms. The molecule has 40 heavy (non-hydrogen) atoms. The normalized spacial score (nSPS) is 18.9. The Bertz CT molecular complexity index is 1440. The highest BCUT2D eigenvalue weighted by Crippen LogP contribution is 2.39. The van der Waals surface area contributed by atoms with Crippen LogP contribution in [0.15, 0.2) is 46.8 Å². The molecule has 0 spiro atoms. The summed E-state index contributed by atoms with van der Waals surface area (Å²) in [5.41, 5.74) is 0.619. The highest BCUT2D eigenvalue weighted by atomic mass is 35.5. The van der Waals surface area contributed by atoms with Gasteiger partial charge in [-0.15, -0.1) is 11.3 Å². The van der Waals surface area contributed by atoms with Crippen molar-refractivity contribution in [3.8, 4) is 11.5 Å². The molecule has 1 aliphatic rings. The average molecular weight is 619 g/mol. The van der Waals surface area contributed by atoms with E-state index in [0.29, 0.717) is 17.1 Å². The molecule has 1 saturated carbocycles. The lowest BCUT2D eigenvalue weighted by Crippen LogP contribution is -2.50. The number of thiazole rings is 1. The van der Waals surface area contributed by atoms with Gasteiger partial charge in [-0.25, -0.2) is 30.9 Å². The van der Waals surface area contributed by atoms with E-state index < -0.39 is 38.7 Å². The Morgan fingerprint density at radius 2 is 1.95 bits per heavy atom. The van der Waals surface area contributed by atoms with Gasteiger partial charge in [-0.05, 0) is 44.8 Å². The first-order chi connectivity index (χ1) is 18.9. The molecular formula is C26H30ClF3N4O4S2. The number of anilines is 2. The molecule has 1 fully saturated rings. The third-order valence-corrected chi connectivity index (χ3v) is 9.80. The summed E-state index contributed by atoms with van der Waals surface area (Å²) >= 11 is 7.53. The van der Waals surface area contributed by atoms with Gasteiger partial charge < -0.3 is 19.7 Å². The van der Waals surface area contributed by atoms with Gasteiger partial charge in [0.2, 0.25) is 5.92 Å². The van der Waals surface area contributed by atoms with E-state index in [9.17, 15) is 17.2 Å². The van der Waals surface area contributed by atoms with Crippen molar-refractivity contribution in [3.63, 3.8) is 0 Å². The van der Waals surface area contributed by atoms with Crippen molar-refractivity contribution in [2.45, 2.75) is 48.7 Å². The van der Waals surface area contributed by atoms with E-state index in [1.165, 1.54) is 20.4 Å². The van der Waals surface area contributed by atoms with Crippen molar-refractivity contribution in [2.75, 3.05) is 37.9 Å². The van der Waals surface area contributed by atoms with Gasteiger partial charge >= 0.3 is 0 Å². The summed E-state index contributed by atoms with van der Waals surface area (Å²) in [5.74, 6) is -2.95. The fraction of sp³-hybridized carbons (Fsp3) is 0.423. The van der Waals surface area contributed by atoms with Crippen molar-refractivity contribution < 1.29 is 31.1 Å². The second kappa shape index (κ2) is 12.0. The van der Waals surface area contributed by atoms with Crippen LogP contribution in [0, 0.1) is 5.82 Å². The van der Waals surface area contributed by atoms with Crippen LogP contribution >= 0.6 is 22.9 Å². The molecule has 0 radical (unpaired) electrons. The number of aromatic nitrogens is 1. The van der Waals surface area contributed by atoms with Gasteiger partial charge in [0.15, 0.2) is 5.13 Å². The minimum absolute atomic E-state index is 0.0593. The average Bonchev–Trinajstić information content (AvgIpc) is 3.44. The minimum atomic E-state index is -4.51. The number of nitrogens with one attached hydrogen (secondary N) is 1. The molecule has 1 aromatic heterocycles. The van der Waals surface area contributed by atoms with Crippen molar-refractivity contribution in [1.82, 2.24) is 9.88 Å². The molecule has 1 N–H and O–H groups in total. The molecule has 3 aromatic rings. The standard InChI is InChI=1S/C26H30ClF3N4O4S2/c1-33(2)22-14-26(29,30)8-7-20(22)32-21-13-19(28)24(12-18(21)27)40(35,36)34(25-31-9-10-39-25)15-16-5-6-17(37-3)11-23(16)38-4/h5-6,9-13,20,22,32H,7-8,14-15H2,1-4H3/t20-,22?/m0/s1. The minimum Gasteiger partial charge on any atom is -0.497 e. The summed E-state index contributed by atoms with van der Waals surface area (Å²) in [6.07, 6.45) is 0.898. The van der Waals surface area contributed by atoms with Crippen LogP contribution in [0.3, 0.4) is 0 Å². The summed E-state index contributed by atoms with van der Waals surface area (Å²) in [6, 6.07) is 5.96. The number of alkyl halides is 2. The number of benzene rings is 2. The van der Waals surface area contributed by atoms with Gasteiger partial charge in [0, 0.05) is 48.1 Å². The number of halogens is 4. The molecule has 2 aromatic carbocycles. The van der Waals surface area contributed by atoms with Gasteiger partial charge in [0.05, 0.1) is 31.5 Å². The summed E-state index contributed by atoms with van der Waals surface area (Å²) < 4.78 is 83.0. The van der Waals surface area contributed by atoms with E-state index in [2.05, 4.69) is 10.3 Å². The van der Waals surface area contributed by atoms with Crippen molar-refractivity contribution in [1.29, 1.82) is 0 Å². The van der Waals surface area contributed by atoms with Crippen LogP contribution in [0.25, 0.3) is 0 Å². The molecule has 1 unspecified atom stereocenters. The molecule has 2 atom stereocenters. The predicted octanol–water partition coefficient (Wildman–Crippen LogP) is 5.88. The molecule has 8 nitrogen and oxygen atoms in total. The van der Waals surface area contributed by atoms with Gasteiger partial charge in [0.1, 0.15) is 22.2 Å². The van der Waals surface area contributed by atoms with E-state index in [0.717, 1.165) is 27.8 Å². The van der Waals surface area contributed by atoms with E-state index >= 15 is 4.39 Å². The maximum Gasteiger partial charge on any atom is 0.269 e. The topological polar surface area (TPSA) is 84.0 Å². The van der Waals surface area contributed by atoms with Crippen LogP contribution < -0.4 is 19.1 Å². The Balaban J connectivity index is 1.68. The smallest absolute Gasteiger partial charge is 0.269 e. The SMILES string of the molecule is COc1ccc(CN(c2nccs2)S(=O)(=O)c2cc(Cl)c(N[C@H]3CCC(F)(F)CC3N(C)C)cc2F)c(OC)c1. The second-order valence-electron chi connectivity index (χ2n) is 9.65. The van der Waals surface area contributed by atoms with Crippen molar-refractivity contribution in [3.05, 3.63) is 58.3 Å². The van der Waals surface area contributed by atoms with Gasteiger partial charge in [-0.3, -0.25) is 0 Å². The number of ether oxygens (including phenoxy) is 2. The van der Waals surface area contributed by atoms with E-state index in [1.54, 1.807) is 42.6 Å². The Labute approximate surface area is 240 Å². The molecule has 218 valence electrons. The van der Waals surface area contributed by atoms with Crippen molar-refractivity contribution >= 4 is 43.8 Å². The van der Waals surface area contributed by atoms with E-state index in [-0.39, 0.29) is 41.6 Å². The zero-order valence-electron chi connectivity index (χ0n) is 22.3. The number of rotatable bonds is 10. The number of nitrogens with zero attached hydrogens (tertiary/aromatic N) is 3. The Hall–Kier alpha value is -2.74. The number of hydrogen-bond acceptors (Lipinski definition) is 8. The Kier molecular flexibility index (Phi) is 9.08. The molecule has 1 aliphatic carbocycles. The van der Waals surface area contributed by atoms with Gasteiger partial charge in [-0.2, -0.15) is 0 Å². The summed E-state index contributed by atoms with van der Waals surface area (Å²) in [7, 11) is 1.83. The fourth-order valence-electron chi connectivity index (χ4n) is 4.71.